The molecule has 5 rings (SSSR count). The predicted octanol–water partition coefficient (Wildman–Crippen LogP) is 6.49. The first-order valence-electron chi connectivity index (χ1n) is 11.7. The molecule has 4 aromatic rings. The molecule has 7 nitrogen and oxygen atoms in total. The van der Waals surface area contributed by atoms with Gasteiger partial charge in [0.15, 0.2) is 5.82 Å². The van der Waals surface area contributed by atoms with E-state index in [0.717, 1.165) is 50.2 Å². The summed E-state index contributed by atoms with van der Waals surface area (Å²) < 4.78 is 2.19. The molecule has 0 saturated carbocycles. The molecular weight excluding hydrogens is 508 g/mol. The molecule has 0 fully saturated rings. The summed E-state index contributed by atoms with van der Waals surface area (Å²) in [6, 6.07) is 13.4. The second-order valence-corrected chi connectivity index (χ2v) is 10.1. The van der Waals surface area contributed by atoms with E-state index in [2.05, 4.69) is 19.6 Å². The second kappa shape index (κ2) is 9.95. The zero-order valence-electron chi connectivity index (χ0n) is 20.6. The number of carboxylic acid groups (broad SMARTS) is 1. The first-order valence-corrected chi connectivity index (χ1v) is 13.2. The maximum Gasteiger partial charge on any atom is 0.307 e. The van der Waals surface area contributed by atoms with Crippen molar-refractivity contribution in [2.24, 2.45) is 0 Å². The van der Waals surface area contributed by atoms with Crippen molar-refractivity contribution >= 4 is 46.8 Å². The Morgan fingerprint density at radius 1 is 1.14 bits per heavy atom. The average Bonchev–Trinajstić information content (AvgIpc) is 3.42. The Morgan fingerprint density at radius 2 is 1.89 bits per heavy atom. The number of anilines is 2. The number of carbonyl (C=O) groups excluding carboxylic acids is 1. The summed E-state index contributed by atoms with van der Waals surface area (Å²) >= 11 is 7.75. The smallest absolute Gasteiger partial charge is 0.307 e. The van der Waals surface area contributed by atoms with Gasteiger partial charge in [0.25, 0.3) is 5.91 Å². The number of rotatable bonds is 6. The van der Waals surface area contributed by atoms with E-state index in [-0.39, 0.29) is 18.2 Å². The standard InChI is InChI=1S/C28H25ClN4O3S/c1-15-22(13-23(34)35)24(17-4-6-19(29)7-5-17)16(2)25-21-9-8-20(32-28(36)27-30-10-11-31-27)12-18(21)14-33(37-3)26(15)25/h4-12H,13-14H2,1-3H3,(H,30,31)(H,32,36)(H,34,35). The molecule has 0 radical (unpaired) electrons. The van der Waals surface area contributed by atoms with E-state index in [9.17, 15) is 14.7 Å². The molecule has 9 heteroatoms. The van der Waals surface area contributed by atoms with Crippen molar-refractivity contribution in [3.63, 3.8) is 0 Å². The third kappa shape index (κ3) is 4.58. The first-order chi connectivity index (χ1) is 17.8. The summed E-state index contributed by atoms with van der Waals surface area (Å²) in [6.07, 6.45) is 5.08. The van der Waals surface area contributed by atoms with Gasteiger partial charge in [0.1, 0.15) is 0 Å². The quantitative estimate of drug-likeness (QED) is 0.245. The molecule has 0 spiro atoms. The van der Waals surface area contributed by atoms with Crippen LogP contribution in [-0.4, -0.2) is 33.2 Å². The zero-order valence-corrected chi connectivity index (χ0v) is 22.1. The highest BCUT2D eigenvalue weighted by Crippen LogP contribution is 2.50. The summed E-state index contributed by atoms with van der Waals surface area (Å²) in [5, 5.41) is 13.3. The van der Waals surface area contributed by atoms with Crippen molar-refractivity contribution in [2.45, 2.75) is 26.8 Å². The SMILES string of the molecule is CSN1Cc2cc(NC(=O)c3ncc[nH]3)ccc2-c2c(C)c(-c3ccc(Cl)cc3)c(CC(=O)O)c(C)c21. The van der Waals surface area contributed by atoms with Gasteiger partial charge in [-0.05, 0) is 77.1 Å². The van der Waals surface area contributed by atoms with Crippen LogP contribution in [0.2, 0.25) is 5.02 Å². The number of aromatic amines is 1. The zero-order chi connectivity index (χ0) is 26.3. The van der Waals surface area contributed by atoms with Crippen molar-refractivity contribution in [2.75, 3.05) is 15.9 Å². The van der Waals surface area contributed by atoms with Crippen molar-refractivity contribution in [1.29, 1.82) is 0 Å². The molecule has 1 aliphatic rings. The maximum absolute atomic E-state index is 12.5. The number of nitrogens with one attached hydrogen (secondary N) is 2. The number of imidazole rings is 1. The lowest BCUT2D eigenvalue weighted by Crippen LogP contribution is -2.23. The van der Waals surface area contributed by atoms with Crippen LogP contribution in [0.4, 0.5) is 11.4 Å². The van der Waals surface area contributed by atoms with Crippen LogP contribution in [0.5, 0.6) is 0 Å². The number of carbonyl (C=O) groups is 2. The molecule has 37 heavy (non-hydrogen) atoms. The van der Waals surface area contributed by atoms with E-state index in [1.54, 1.807) is 18.1 Å². The number of amides is 1. The average molecular weight is 533 g/mol. The number of benzene rings is 3. The lowest BCUT2D eigenvalue weighted by Gasteiger charge is -2.36. The number of hydrogen-bond acceptors (Lipinski definition) is 5. The minimum atomic E-state index is -0.874. The number of hydrogen-bond donors (Lipinski definition) is 3. The molecule has 0 unspecified atom stereocenters. The highest BCUT2D eigenvalue weighted by molar-refractivity contribution is 7.99. The molecule has 1 amide bonds. The number of fused-ring (bicyclic) bond motifs is 3. The van der Waals surface area contributed by atoms with E-state index >= 15 is 0 Å². The lowest BCUT2D eigenvalue weighted by molar-refractivity contribution is -0.136. The molecule has 2 heterocycles. The van der Waals surface area contributed by atoms with E-state index < -0.39 is 5.97 Å². The van der Waals surface area contributed by atoms with E-state index in [1.807, 2.05) is 62.6 Å². The van der Waals surface area contributed by atoms with Gasteiger partial charge in [-0.15, -0.1) is 0 Å². The highest BCUT2D eigenvalue weighted by Gasteiger charge is 2.30. The second-order valence-electron chi connectivity index (χ2n) is 8.89. The van der Waals surface area contributed by atoms with Gasteiger partial charge in [-0.1, -0.05) is 41.7 Å². The van der Waals surface area contributed by atoms with Crippen molar-refractivity contribution < 1.29 is 14.7 Å². The summed E-state index contributed by atoms with van der Waals surface area (Å²) in [6.45, 7) is 4.66. The van der Waals surface area contributed by atoms with E-state index in [1.165, 1.54) is 6.20 Å². The monoisotopic (exact) mass is 532 g/mol. The summed E-state index contributed by atoms with van der Waals surface area (Å²) in [5.74, 6) is -0.932. The Labute approximate surface area is 224 Å². The van der Waals surface area contributed by atoms with Gasteiger partial charge < -0.3 is 19.7 Å². The Balaban J connectivity index is 1.69. The lowest BCUT2D eigenvalue weighted by atomic mass is 9.81. The van der Waals surface area contributed by atoms with Crippen LogP contribution in [0.15, 0.2) is 54.9 Å². The third-order valence-corrected chi connectivity index (χ3v) is 7.69. The number of aliphatic carboxylic acids is 1. The fourth-order valence-electron chi connectivity index (χ4n) is 5.08. The highest BCUT2D eigenvalue weighted by atomic mass is 35.5. The van der Waals surface area contributed by atoms with Crippen molar-refractivity contribution in [3.8, 4) is 22.3 Å². The summed E-state index contributed by atoms with van der Waals surface area (Å²) in [7, 11) is 0. The summed E-state index contributed by atoms with van der Waals surface area (Å²) in [5.41, 5.74) is 9.50. The first kappa shape index (κ1) is 24.9. The Morgan fingerprint density at radius 3 is 2.54 bits per heavy atom. The Hall–Kier alpha value is -3.75. The van der Waals surface area contributed by atoms with Gasteiger partial charge in [0, 0.05) is 34.9 Å². The summed E-state index contributed by atoms with van der Waals surface area (Å²) in [4.78, 5) is 31.3. The fraction of sp³-hybridized carbons (Fsp3) is 0.179. The van der Waals surface area contributed by atoms with Crippen LogP contribution in [0.3, 0.4) is 0 Å². The van der Waals surface area contributed by atoms with Gasteiger partial charge in [-0.3, -0.25) is 9.59 Å². The topological polar surface area (TPSA) is 98.3 Å². The van der Waals surface area contributed by atoms with Crippen LogP contribution in [0.25, 0.3) is 22.3 Å². The number of carboxylic acids is 1. The molecule has 3 N–H and O–H groups in total. The maximum atomic E-state index is 12.5. The van der Waals surface area contributed by atoms with Gasteiger partial charge in [0.05, 0.1) is 18.7 Å². The Bertz CT molecular complexity index is 1520. The molecule has 0 aliphatic carbocycles. The van der Waals surface area contributed by atoms with Crippen LogP contribution in [0.1, 0.15) is 32.9 Å². The predicted molar refractivity (Wildman–Crippen MR) is 149 cm³/mol. The molecule has 188 valence electrons. The van der Waals surface area contributed by atoms with Gasteiger partial charge in [-0.25, -0.2) is 4.98 Å². The Kier molecular flexibility index (Phi) is 6.70. The largest absolute Gasteiger partial charge is 0.481 e. The number of nitrogens with zero attached hydrogens (tertiary/aromatic N) is 2. The van der Waals surface area contributed by atoms with E-state index in [0.29, 0.717) is 17.3 Å². The molecule has 0 saturated heterocycles. The molecule has 1 aromatic heterocycles. The number of H-pyrrole nitrogens is 1. The van der Waals surface area contributed by atoms with Crippen molar-refractivity contribution in [3.05, 3.63) is 88.0 Å². The normalized spacial score (nSPS) is 12.2. The van der Waals surface area contributed by atoms with E-state index in [4.69, 9.17) is 11.6 Å². The van der Waals surface area contributed by atoms with Crippen LogP contribution in [0, 0.1) is 13.8 Å². The number of aromatic nitrogens is 2. The van der Waals surface area contributed by atoms with Crippen LogP contribution >= 0.6 is 23.5 Å². The van der Waals surface area contributed by atoms with Gasteiger partial charge in [-0.2, -0.15) is 0 Å². The number of halogens is 1. The minimum absolute atomic E-state index is 0.0786. The molecule has 3 aromatic carbocycles. The fourth-order valence-corrected chi connectivity index (χ4v) is 5.89. The molecule has 0 bridgehead atoms. The minimum Gasteiger partial charge on any atom is -0.481 e. The third-order valence-electron chi connectivity index (χ3n) is 6.69. The van der Waals surface area contributed by atoms with Crippen LogP contribution in [-0.2, 0) is 17.8 Å². The van der Waals surface area contributed by atoms with Crippen LogP contribution < -0.4 is 9.62 Å². The van der Waals surface area contributed by atoms with Crippen molar-refractivity contribution in [1.82, 2.24) is 9.97 Å². The van der Waals surface area contributed by atoms with Gasteiger partial charge in [0.2, 0.25) is 0 Å². The molecular formula is C28H25ClN4O3S. The molecule has 1 aliphatic heterocycles. The molecule has 0 atom stereocenters. The van der Waals surface area contributed by atoms with Gasteiger partial charge >= 0.3 is 5.97 Å².